The van der Waals surface area contributed by atoms with Crippen molar-refractivity contribution in [2.24, 2.45) is 0 Å². The summed E-state index contributed by atoms with van der Waals surface area (Å²) in [6.45, 7) is 5.59. The van der Waals surface area contributed by atoms with Gasteiger partial charge in [-0.25, -0.2) is 0 Å². The fourth-order valence-electron chi connectivity index (χ4n) is 3.13. The molecule has 1 radical (unpaired) electrons. The minimum Gasteiger partial charge on any atom is -0.348 e. The Kier molecular flexibility index (Phi) is 3.77. The van der Waals surface area contributed by atoms with Crippen LogP contribution < -0.4 is 0 Å². The molecule has 0 unspecified atom stereocenters. The molecule has 0 fully saturated rings. The molecule has 1 aliphatic rings. The number of aromatic nitrogens is 1. The van der Waals surface area contributed by atoms with E-state index in [-0.39, 0.29) is 0 Å². The number of nitrogens with zero attached hydrogens (tertiary/aromatic N) is 1. The Labute approximate surface area is 121 Å². The zero-order valence-corrected chi connectivity index (χ0v) is 12.4. The molecule has 1 heterocycles. The van der Waals surface area contributed by atoms with Crippen molar-refractivity contribution in [1.29, 1.82) is 0 Å². The van der Waals surface area contributed by atoms with E-state index in [1.165, 1.54) is 41.2 Å². The first-order chi connectivity index (χ1) is 9.85. The summed E-state index contributed by atoms with van der Waals surface area (Å²) in [7, 11) is 0. The Morgan fingerprint density at radius 2 is 1.80 bits per heavy atom. The van der Waals surface area contributed by atoms with E-state index >= 15 is 0 Å². The van der Waals surface area contributed by atoms with Gasteiger partial charge in [0.1, 0.15) is 0 Å². The topological polar surface area (TPSA) is 4.93 Å². The van der Waals surface area contributed by atoms with Gasteiger partial charge in [0.15, 0.2) is 0 Å². The Morgan fingerprint density at radius 1 is 0.950 bits per heavy atom. The molecular formula is C19H22N. The van der Waals surface area contributed by atoms with Crippen molar-refractivity contribution < 1.29 is 0 Å². The maximum atomic E-state index is 2.38. The molecule has 3 rings (SSSR count). The highest BCUT2D eigenvalue weighted by atomic mass is 15.0. The lowest BCUT2D eigenvalue weighted by molar-refractivity contribution is 0.675. The SMILES string of the molecule is CCC[C]1C(c2cccn2CCC)=Cc2ccccc21. The minimum atomic E-state index is 1.09. The van der Waals surface area contributed by atoms with Gasteiger partial charge in [-0.1, -0.05) is 44.5 Å². The number of benzene rings is 1. The molecule has 103 valence electrons. The van der Waals surface area contributed by atoms with Crippen LogP contribution in [0, 0.1) is 5.92 Å². The Balaban J connectivity index is 2.02. The van der Waals surface area contributed by atoms with Crippen LogP contribution in [0.15, 0.2) is 42.6 Å². The Morgan fingerprint density at radius 3 is 2.60 bits per heavy atom. The van der Waals surface area contributed by atoms with Crippen molar-refractivity contribution >= 4 is 11.6 Å². The Hall–Kier alpha value is -1.76. The predicted octanol–water partition coefficient (Wildman–Crippen LogP) is 5.17. The van der Waals surface area contributed by atoms with Gasteiger partial charge in [-0.3, -0.25) is 0 Å². The minimum absolute atomic E-state index is 1.09. The zero-order valence-electron chi connectivity index (χ0n) is 12.4. The molecule has 0 N–H and O–H groups in total. The largest absolute Gasteiger partial charge is 0.348 e. The summed E-state index contributed by atoms with van der Waals surface area (Å²) in [5.74, 6) is 1.51. The van der Waals surface area contributed by atoms with E-state index < -0.39 is 0 Å². The standard InChI is InChI=1S/C19H22N/c1-3-8-17-16-10-6-5-9-15(16)14-18(17)19-11-7-13-20(19)12-4-2/h5-7,9-11,13-14H,3-4,8,12H2,1-2H3. The average Bonchev–Trinajstić information content (AvgIpc) is 3.05. The maximum Gasteiger partial charge on any atom is 0.0449 e. The molecule has 0 saturated heterocycles. The van der Waals surface area contributed by atoms with Crippen molar-refractivity contribution in [3.63, 3.8) is 0 Å². The van der Waals surface area contributed by atoms with Gasteiger partial charge in [0.05, 0.1) is 0 Å². The number of hydrogen-bond acceptors (Lipinski definition) is 0. The fourth-order valence-corrected chi connectivity index (χ4v) is 3.13. The van der Waals surface area contributed by atoms with Crippen molar-refractivity contribution in [1.82, 2.24) is 4.57 Å². The second-order valence-electron chi connectivity index (χ2n) is 5.46. The molecule has 1 aliphatic carbocycles. The number of fused-ring (bicyclic) bond motifs is 1. The van der Waals surface area contributed by atoms with Crippen LogP contribution >= 0.6 is 0 Å². The first-order valence-electron chi connectivity index (χ1n) is 7.68. The van der Waals surface area contributed by atoms with E-state index in [1.54, 1.807) is 0 Å². The normalized spacial score (nSPS) is 14.4. The smallest absolute Gasteiger partial charge is 0.0449 e. The van der Waals surface area contributed by atoms with Crippen molar-refractivity contribution in [3.05, 3.63) is 65.3 Å². The quantitative estimate of drug-likeness (QED) is 0.701. The molecule has 1 aromatic heterocycles. The van der Waals surface area contributed by atoms with E-state index in [2.05, 4.69) is 67.1 Å². The molecule has 0 amide bonds. The van der Waals surface area contributed by atoms with Gasteiger partial charge in [0, 0.05) is 24.4 Å². The van der Waals surface area contributed by atoms with E-state index in [9.17, 15) is 0 Å². The number of hydrogen-bond donors (Lipinski definition) is 0. The molecule has 0 saturated carbocycles. The first kappa shape index (κ1) is 13.2. The molecule has 1 heteroatoms. The van der Waals surface area contributed by atoms with Crippen LogP contribution in [0.5, 0.6) is 0 Å². The monoisotopic (exact) mass is 264 g/mol. The van der Waals surface area contributed by atoms with Crippen LogP contribution in [0.25, 0.3) is 11.6 Å². The molecule has 0 spiro atoms. The second-order valence-corrected chi connectivity index (χ2v) is 5.46. The first-order valence-corrected chi connectivity index (χ1v) is 7.68. The van der Waals surface area contributed by atoms with Crippen LogP contribution in [-0.2, 0) is 6.54 Å². The zero-order chi connectivity index (χ0) is 13.9. The highest BCUT2D eigenvalue weighted by Crippen LogP contribution is 2.43. The lowest BCUT2D eigenvalue weighted by Gasteiger charge is -2.17. The molecular weight excluding hydrogens is 242 g/mol. The molecule has 0 bridgehead atoms. The third-order valence-electron chi connectivity index (χ3n) is 3.98. The summed E-state index contributed by atoms with van der Waals surface area (Å²) in [5.41, 5.74) is 5.58. The van der Waals surface area contributed by atoms with Gasteiger partial charge in [0.2, 0.25) is 0 Å². The van der Waals surface area contributed by atoms with E-state index in [1.807, 2.05) is 0 Å². The maximum absolute atomic E-state index is 2.38. The van der Waals surface area contributed by atoms with E-state index in [4.69, 9.17) is 0 Å². The summed E-state index contributed by atoms with van der Waals surface area (Å²) in [4.78, 5) is 0. The third-order valence-corrected chi connectivity index (χ3v) is 3.98. The second kappa shape index (κ2) is 5.70. The third kappa shape index (κ3) is 2.22. The average molecular weight is 264 g/mol. The van der Waals surface area contributed by atoms with Crippen LogP contribution in [0.2, 0.25) is 0 Å². The summed E-state index contributed by atoms with van der Waals surface area (Å²) in [5, 5.41) is 0. The predicted molar refractivity (Wildman–Crippen MR) is 86.3 cm³/mol. The highest BCUT2D eigenvalue weighted by molar-refractivity contribution is 5.97. The number of aryl methyl sites for hydroxylation is 1. The molecule has 2 aromatic rings. The molecule has 20 heavy (non-hydrogen) atoms. The summed E-state index contributed by atoms with van der Waals surface area (Å²) < 4.78 is 2.38. The van der Waals surface area contributed by atoms with Crippen LogP contribution in [-0.4, -0.2) is 4.57 Å². The molecule has 1 nitrogen and oxygen atoms in total. The van der Waals surface area contributed by atoms with Gasteiger partial charge >= 0.3 is 0 Å². The summed E-state index contributed by atoms with van der Waals surface area (Å²) in [6, 6.07) is 13.2. The number of allylic oxidation sites excluding steroid dienone is 1. The van der Waals surface area contributed by atoms with Crippen molar-refractivity contribution in [2.45, 2.75) is 39.7 Å². The molecule has 1 aromatic carbocycles. The van der Waals surface area contributed by atoms with Crippen LogP contribution in [0.1, 0.15) is 49.9 Å². The van der Waals surface area contributed by atoms with Gasteiger partial charge in [0.25, 0.3) is 0 Å². The van der Waals surface area contributed by atoms with Crippen molar-refractivity contribution in [2.75, 3.05) is 0 Å². The number of rotatable bonds is 5. The fraction of sp³-hybridized carbons (Fsp3) is 0.316. The molecule has 0 atom stereocenters. The Bertz CT molecular complexity index is 618. The van der Waals surface area contributed by atoms with Gasteiger partial charge in [-0.05, 0) is 47.8 Å². The summed E-state index contributed by atoms with van der Waals surface area (Å²) in [6.07, 6.45) is 8.08. The molecule has 0 aliphatic heterocycles. The van der Waals surface area contributed by atoms with Gasteiger partial charge in [-0.2, -0.15) is 0 Å². The van der Waals surface area contributed by atoms with Gasteiger partial charge in [-0.15, -0.1) is 0 Å². The van der Waals surface area contributed by atoms with Crippen molar-refractivity contribution in [3.8, 4) is 0 Å². The lowest BCUT2D eigenvalue weighted by atomic mass is 9.90. The van der Waals surface area contributed by atoms with Crippen LogP contribution in [0.4, 0.5) is 0 Å². The van der Waals surface area contributed by atoms with E-state index in [0.29, 0.717) is 0 Å². The highest BCUT2D eigenvalue weighted by Gasteiger charge is 2.27. The van der Waals surface area contributed by atoms with Crippen LogP contribution in [0.3, 0.4) is 0 Å². The van der Waals surface area contributed by atoms with Gasteiger partial charge < -0.3 is 4.57 Å². The van der Waals surface area contributed by atoms with E-state index in [0.717, 1.165) is 13.0 Å². The lowest BCUT2D eigenvalue weighted by Crippen LogP contribution is -2.05. The summed E-state index contributed by atoms with van der Waals surface area (Å²) >= 11 is 0.